The Morgan fingerprint density at radius 2 is 1.78 bits per heavy atom. The summed E-state index contributed by atoms with van der Waals surface area (Å²) in [6.07, 6.45) is 2.37. The van der Waals surface area contributed by atoms with E-state index < -0.39 is 10.0 Å². The molecule has 0 saturated carbocycles. The van der Waals surface area contributed by atoms with Crippen molar-refractivity contribution in [2.75, 3.05) is 24.0 Å². The summed E-state index contributed by atoms with van der Waals surface area (Å²) < 4.78 is 34.8. The van der Waals surface area contributed by atoms with Gasteiger partial charge in [0.05, 0.1) is 17.2 Å². The predicted octanol–water partition coefficient (Wildman–Crippen LogP) is 3.19. The number of sulfonamides is 1. The van der Waals surface area contributed by atoms with Gasteiger partial charge in [-0.15, -0.1) is 0 Å². The number of hydrogen-bond donors (Lipinski definition) is 1. The van der Waals surface area contributed by atoms with E-state index in [0.29, 0.717) is 11.5 Å². The third-order valence-corrected chi connectivity index (χ3v) is 7.37. The first-order valence-electron chi connectivity index (χ1n) is 9.55. The van der Waals surface area contributed by atoms with Gasteiger partial charge in [-0.05, 0) is 74.7 Å². The summed E-state index contributed by atoms with van der Waals surface area (Å²) in [6.45, 7) is 6.26. The van der Waals surface area contributed by atoms with Crippen molar-refractivity contribution in [3.8, 4) is 5.75 Å². The molecule has 0 spiro atoms. The van der Waals surface area contributed by atoms with E-state index in [4.69, 9.17) is 4.74 Å². The molecule has 1 N–H and O–H groups in total. The molecule has 0 radical (unpaired) electrons. The third-order valence-electron chi connectivity index (χ3n) is 5.52. The number of benzene rings is 2. The maximum Gasteiger partial charge on any atom is 0.264 e. The number of ether oxygens (including phenoxy) is 1. The lowest BCUT2D eigenvalue weighted by Crippen LogP contribution is -2.47. The van der Waals surface area contributed by atoms with E-state index >= 15 is 0 Å². The van der Waals surface area contributed by atoms with Crippen molar-refractivity contribution in [2.45, 2.75) is 44.0 Å². The van der Waals surface area contributed by atoms with Gasteiger partial charge in [0.1, 0.15) is 5.75 Å². The summed E-state index contributed by atoms with van der Waals surface area (Å²) >= 11 is 0. The van der Waals surface area contributed by atoms with E-state index in [-0.39, 0.29) is 6.04 Å². The zero-order chi connectivity index (χ0) is 19.0. The Balaban J connectivity index is 1.84. The van der Waals surface area contributed by atoms with Crippen molar-refractivity contribution in [3.05, 3.63) is 53.1 Å². The molecule has 1 saturated heterocycles. The molecule has 0 aromatic heterocycles. The lowest BCUT2D eigenvalue weighted by Gasteiger charge is -2.37. The Morgan fingerprint density at radius 1 is 1.07 bits per heavy atom. The Bertz CT molecular complexity index is 930. The number of para-hydroxylation sites is 1. The number of hydrogen-bond acceptors (Lipinski definition) is 4. The van der Waals surface area contributed by atoms with Gasteiger partial charge < -0.3 is 10.1 Å². The molecule has 27 heavy (non-hydrogen) atoms. The Labute approximate surface area is 161 Å². The second kappa shape index (κ2) is 7.17. The van der Waals surface area contributed by atoms with Gasteiger partial charge in [-0.25, -0.2) is 8.42 Å². The molecule has 1 fully saturated rings. The highest BCUT2D eigenvalue weighted by molar-refractivity contribution is 7.92. The van der Waals surface area contributed by atoms with Crippen LogP contribution in [0.4, 0.5) is 5.69 Å². The van der Waals surface area contributed by atoms with Crippen molar-refractivity contribution in [1.82, 2.24) is 5.32 Å². The molecule has 2 aromatic rings. The van der Waals surface area contributed by atoms with Crippen LogP contribution in [0.3, 0.4) is 0 Å². The van der Waals surface area contributed by atoms with E-state index in [1.54, 1.807) is 22.5 Å². The van der Waals surface area contributed by atoms with Crippen LogP contribution in [0.5, 0.6) is 5.75 Å². The molecule has 5 nitrogen and oxygen atoms in total. The number of aryl methyl sites for hydroxylation is 2. The van der Waals surface area contributed by atoms with Gasteiger partial charge in [0, 0.05) is 12.5 Å². The monoisotopic (exact) mass is 386 g/mol. The Morgan fingerprint density at radius 3 is 2.48 bits per heavy atom. The Hall–Kier alpha value is -2.05. The highest BCUT2D eigenvalue weighted by atomic mass is 32.2. The minimum atomic E-state index is -3.67. The van der Waals surface area contributed by atoms with E-state index in [1.165, 1.54) is 0 Å². The lowest BCUT2D eigenvalue weighted by molar-refractivity contribution is 0.356. The fourth-order valence-electron chi connectivity index (χ4n) is 4.13. The Kier molecular flexibility index (Phi) is 4.86. The molecule has 6 heteroatoms. The molecule has 4 rings (SSSR count). The molecule has 2 heterocycles. The minimum absolute atomic E-state index is 0.0412. The van der Waals surface area contributed by atoms with E-state index in [2.05, 4.69) is 5.32 Å². The lowest BCUT2D eigenvalue weighted by atomic mass is 10.0. The molecule has 2 aliphatic rings. The number of rotatable bonds is 4. The van der Waals surface area contributed by atoms with Crippen LogP contribution < -0.4 is 14.4 Å². The number of nitrogens with zero attached hydrogens (tertiary/aromatic N) is 1. The van der Waals surface area contributed by atoms with Gasteiger partial charge in [-0.3, -0.25) is 4.31 Å². The zero-order valence-corrected chi connectivity index (χ0v) is 16.7. The molecule has 0 unspecified atom stereocenters. The van der Waals surface area contributed by atoms with Crippen LogP contribution in [-0.2, 0) is 16.4 Å². The van der Waals surface area contributed by atoms with Crippen LogP contribution in [0.25, 0.3) is 0 Å². The maximum atomic E-state index is 13.8. The second-order valence-electron chi connectivity index (χ2n) is 7.39. The maximum absolute atomic E-state index is 13.8. The summed E-state index contributed by atoms with van der Waals surface area (Å²) in [5.41, 5.74) is 3.77. The molecule has 0 amide bonds. The van der Waals surface area contributed by atoms with Crippen LogP contribution in [0.2, 0.25) is 0 Å². The van der Waals surface area contributed by atoms with Crippen molar-refractivity contribution in [3.63, 3.8) is 0 Å². The molecule has 2 aliphatic heterocycles. The fourth-order valence-corrected chi connectivity index (χ4v) is 6.02. The summed E-state index contributed by atoms with van der Waals surface area (Å²) in [5.74, 6) is 0.800. The van der Waals surface area contributed by atoms with Crippen LogP contribution in [0.1, 0.15) is 29.5 Å². The first-order valence-corrected chi connectivity index (χ1v) is 11.0. The standard InChI is InChI=1S/C21H26N2O3S/c1-15-4-3-5-16(2)21(15)23(18-8-11-22-12-9-18)27(24,25)19-6-7-20-17(14-19)10-13-26-20/h3-7,14,18,22H,8-13H2,1-2H3. The van der Waals surface area contributed by atoms with Gasteiger partial charge in [0.2, 0.25) is 0 Å². The summed E-state index contributed by atoms with van der Waals surface area (Å²) in [7, 11) is -3.67. The average Bonchev–Trinajstić information content (AvgIpc) is 3.13. The van der Waals surface area contributed by atoms with Gasteiger partial charge >= 0.3 is 0 Å². The molecule has 0 bridgehead atoms. The van der Waals surface area contributed by atoms with Crippen molar-refractivity contribution in [2.24, 2.45) is 0 Å². The van der Waals surface area contributed by atoms with Crippen LogP contribution >= 0.6 is 0 Å². The van der Waals surface area contributed by atoms with Gasteiger partial charge in [0.25, 0.3) is 10.0 Å². The quantitative estimate of drug-likeness (QED) is 0.877. The largest absolute Gasteiger partial charge is 0.493 e. The number of fused-ring (bicyclic) bond motifs is 1. The first kappa shape index (κ1) is 18.3. The van der Waals surface area contributed by atoms with E-state index in [0.717, 1.165) is 60.5 Å². The number of anilines is 1. The van der Waals surface area contributed by atoms with Crippen LogP contribution in [0.15, 0.2) is 41.3 Å². The van der Waals surface area contributed by atoms with Gasteiger partial charge in [0.15, 0.2) is 0 Å². The molecular weight excluding hydrogens is 360 g/mol. The summed E-state index contributed by atoms with van der Waals surface area (Å²) in [6, 6.07) is 11.2. The van der Waals surface area contributed by atoms with Gasteiger partial charge in [-0.1, -0.05) is 18.2 Å². The summed E-state index contributed by atoms with van der Waals surface area (Å²) in [4.78, 5) is 0.355. The highest BCUT2D eigenvalue weighted by Crippen LogP contribution is 2.36. The highest BCUT2D eigenvalue weighted by Gasteiger charge is 2.35. The second-order valence-corrected chi connectivity index (χ2v) is 9.21. The molecule has 0 aliphatic carbocycles. The number of nitrogens with one attached hydrogen (secondary N) is 1. The van der Waals surface area contributed by atoms with Crippen molar-refractivity contribution in [1.29, 1.82) is 0 Å². The van der Waals surface area contributed by atoms with E-state index in [9.17, 15) is 8.42 Å². The molecule has 144 valence electrons. The third kappa shape index (κ3) is 3.32. The SMILES string of the molecule is Cc1cccc(C)c1N(C1CCNCC1)S(=O)(=O)c1ccc2c(c1)CCO2. The summed E-state index contributed by atoms with van der Waals surface area (Å²) in [5, 5.41) is 3.34. The average molecular weight is 387 g/mol. The number of piperidine rings is 1. The smallest absolute Gasteiger partial charge is 0.264 e. The molecule has 2 aromatic carbocycles. The van der Waals surface area contributed by atoms with Crippen molar-refractivity contribution >= 4 is 15.7 Å². The van der Waals surface area contributed by atoms with Crippen LogP contribution in [0, 0.1) is 13.8 Å². The predicted molar refractivity (Wildman–Crippen MR) is 107 cm³/mol. The molecule has 0 atom stereocenters. The minimum Gasteiger partial charge on any atom is -0.493 e. The zero-order valence-electron chi connectivity index (χ0n) is 15.9. The van der Waals surface area contributed by atoms with Crippen LogP contribution in [-0.4, -0.2) is 34.2 Å². The van der Waals surface area contributed by atoms with Crippen molar-refractivity contribution < 1.29 is 13.2 Å². The fraction of sp³-hybridized carbons (Fsp3) is 0.429. The van der Waals surface area contributed by atoms with E-state index in [1.807, 2.05) is 32.0 Å². The molecular formula is C21H26N2O3S. The first-order chi connectivity index (χ1) is 13.0. The van der Waals surface area contributed by atoms with Gasteiger partial charge in [-0.2, -0.15) is 0 Å². The normalized spacial score (nSPS) is 17.4. The topological polar surface area (TPSA) is 58.6 Å².